The van der Waals surface area contributed by atoms with Crippen molar-refractivity contribution in [3.8, 4) is 0 Å². The van der Waals surface area contributed by atoms with Crippen molar-refractivity contribution in [3.63, 3.8) is 0 Å². The van der Waals surface area contributed by atoms with Gasteiger partial charge in [-0.3, -0.25) is 4.79 Å². The minimum Gasteiger partial charge on any atom is -0.361 e. The van der Waals surface area contributed by atoms with E-state index in [1.165, 1.54) is 0 Å². The van der Waals surface area contributed by atoms with E-state index in [-0.39, 0.29) is 5.91 Å². The first kappa shape index (κ1) is 20.6. The molecular formula is C21H31N7O2. The minimum absolute atomic E-state index is 0.190. The van der Waals surface area contributed by atoms with Gasteiger partial charge < -0.3 is 24.1 Å². The quantitative estimate of drug-likeness (QED) is 0.721. The second-order valence-corrected chi connectivity index (χ2v) is 8.20. The number of amides is 1. The molecule has 30 heavy (non-hydrogen) atoms. The first-order chi connectivity index (χ1) is 14.5. The second-order valence-electron chi connectivity index (χ2n) is 8.20. The molecule has 2 aliphatic heterocycles. The Morgan fingerprint density at radius 3 is 2.13 bits per heavy atom. The van der Waals surface area contributed by atoms with Gasteiger partial charge in [-0.1, -0.05) is 5.16 Å². The van der Waals surface area contributed by atoms with Gasteiger partial charge in [-0.2, -0.15) is 0 Å². The summed E-state index contributed by atoms with van der Waals surface area (Å²) in [4.78, 5) is 30.5. The van der Waals surface area contributed by atoms with Gasteiger partial charge >= 0.3 is 0 Å². The molecular weight excluding hydrogens is 382 g/mol. The highest BCUT2D eigenvalue weighted by molar-refractivity contribution is 5.77. The van der Waals surface area contributed by atoms with Crippen molar-refractivity contribution in [2.45, 2.75) is 26.7 Å². The van der Waals surface area contributed by atoms with Crippen molar-refractivity contribution in [1.82, 2.24) is 24.9 Å². The second kappa shape index (κ2) is 8.99. The molecule has 2 fully saturated rings. The van der Waals surface area contributed by atoms with Crippen LogP contribution in [0.5, 0.6) is 0 Å². The Hall–Kier alpha value is -2.68. The lowest BCUT2D eigenvalue weighted by Gasteiger charge is -2.36. The molecule has 0 atom stereocenters. The summed E-state index contributed by atoms with van der Waals surface area (Å²) in [6.45, 7) is 10.9. The van der Waals surface area contributed by atoms with E-state index in [2.05, 4.69) is 42.9 Å². The van der Waals surface area contributed by atoms with E-state index in [4.69, 9.17) is 4.52 Å². The van der Waals surface area contributed by atoms with Gasteiger partial charge in [-0.25, -0.2) is 9.97 Å². The molecule has 2 aromatic heterocycles. The van der Waals surface area contributed by atoms with Gasteiger partial charge in [-0.15, -0.1) is 0 Å². The fourth-order valence-electron chi connectivity index (χ4n) is 4.15. The van der Waals surface area contributed by atoms with Crippen LogP contribution in [0.3, 0.4) is 0 Å². The number of rotatable bonds is 5. The number of likely N-dealkylation sites (N-methyl/N-ethyl adjacent to an activating group) is 1. The fourth-order valence-corrected chi connectivity index (χ4v) is 4.15. The number of aryl methyl sites for hydroxylation is 2. The Morgan fingerprint density at radius 1 is 0.967 bits per heavy atom. The number of aromatic nitrogens is 3. The maximum absolute atomic E-state index is 12.7. The maximum Gasteiger partial charge on any atom is 0.223 e. The molecule has 1 amide bonds. The number of carbonyl (C=O) groups excluding carboxylic acids is 1. The predicted octanol–water partition coefficient (Wildman–Crippen LogP) is 1.11. The van der Waals surface area contributed by atoms with Crippen LogP contribution in [-0.4, -0.2) is 90.2 Å². The Balaban J connectivity index is 1.30. The molecule has 2 aromatic rings. The van der Waals surface area contributed by atoms with Crippen LogP contribution in [0.1, 0.15) is 23.4 Å². The maximum atomic E-state index is 12.7. The lowest BCUT2D eigenvalue weighted by molar-refractivity contribution is -0.131. The normalized spacial score (nSPS) is 18.2. The molecule has 0 bridgehead atoms. The van der Waals surface area contributed by atoms with Gasteiger partial charge in [0.15, 0.2) is 0 Å². The van der Waals surface area contributed by atoms with Crippen molar-refractivity contribution in [1.29, 1.82) is 0 Å². The highest BCUT2D eigenvalue weighted by Gasteiger charge is 2.23. The Kier molecular flexibility index (Phi) is 6.17. The molecule has 0 spiro atoms. The Morgan fingerprint density at radius 2 is 1.57 bits per heavy atom. The summed E-state index contributed by atoms with van der Waals surface area (Å²) < 4.78 is 5.20. The van der Waals surface area contributed by atoms with Crippen LogP contribution < -0.4 is 9.80 Å². The van der Waals surface area contributed by atoms with E-state index >= 15 is 0 Å². The van der Waals surface area contributed by atoms with Crippen LogP contribution in [0, 0.1) is 13.8 Å². The monoisotopic (exact) mass is 413 g/mol. The molecule has 4 heterocycles. The van der Waals surface area contributed by atoms with Crippen LogP contribution >= 0.6 is 0 Å². The lowest BCUT2D eigenvalue weighted by atomic mass is 10.1. The standard InChI is InChI=1S/C21H31N7O2/c1-16-18(17(2)30-24-16)4-5-21(29)28-12-10-27(11-13-28)20-14-19(22-15-23-20)26-8-6-25(3)7-9-26/h14-15H,4-13H2,1-3H3. The van der Waals surface area contributed by atoms with Crippen LogP contribution in [0.25, 0.3) is 0 Å². The molecule has 0 unspecified atom stereocenters. The molecule has 0 aliphatic carbocycles. The Bertz CT molecular complexity index is 848. The number of anilines is 2. The molecule has 9 heteroatoms. The first-order valence-electron chi connectivity index (χ1n) is 10.7. The first-order valence-corrected chi connectivity index (χ1v) is 10.7. The molecule has 0 N–H and O–H groups in total. The van der Waals surface area contributed by atoms with Gasteiger partial charge in [0.05, 0.1) is 5.69 Å². The molecule has 4 rings (SSSR count). The van der Waals surface area contributed by atoms with Crippen LogP contribution in [0.15, 0.2) is 16.9 Å². The number of carbonyl (C=O) groups is 1. The van der Waals surface area contributed by atoms with Crippen molar-refractivity contribution >= 4 is 17.5 Å². The molecule has 2 aliphatic rings. The van der Waals surface area contributed by atoms with Crippen molar-refractivity contribution in [2.75, 3.05) is 69.2 Å². The van der Waals surface area contributed by atoms with Crippen molar-refractivity contribution < 1.29 is 9.32 Å². The number of hydrogen-bond donors (Lipinski definition) is 0. The summed E-state index contributed by atoms with van der Waals surface area (Å²) in [7, 11) is 2.15. The summed E-state index contributed by atoms with van der Waals surface area (Å²) in [5.41, 5.74) is 1.93. The average molecular weight is 414 g/mol. The third-order valence-electron chi connectivity index (χ3n) is 6.19. The molecule has 162 valence electrons. The third kappa shape index (κ3) is 4.56. The van der Waals surface area contributed by atoms with Crippen LogP contribution in [0.2, 0.25) is 0 Å². The smallest absolute Gasteiger partial charge is 0.223 e. The molecule has 0 saturated carbocycles. The van der Waals surface area contributed by atoms with Gasteiger partial charge in [0, 0.05) is 70.4 Å². The highest BCUT2D eigenvalue weighted by atomic mass is 16.5. The third-order valence-corrected chi connectivity index (χ3v) is 6.19. The topological polar surface area (TPSA) is 81.8 Å². The van der Waals surface area contributed by atoms with Crippen LogP contribution in [0.4, 0.5) is 11.6 Å². The summed E-state index contributed by atoms with van der Waals surface area (Å²) >= 11 is 0. The number of nitrogens with zero attached hydrogens (tertiary/aromatic N) is 7. The van der Waals surface area contributed by atoms with E-state index in [1.54, 1.807) is 6.33 Å². The van der Waals surface area contributed by atoms with E-state index in [0.29, 0.717) is 25.9 Å². The molecule has 2 saturated heterocycles. The van der Waals surface area contributed by atoms with Crippen molar-refractivity contribution in [3.05, 3.63) is 29.4 Å². The summed E-state index contributed by atoms with van der Waals surface area (Å²) in [5, 5.41) is 3.97. The molecule has 0 aromatic carbocycles. The van der Waals surface area contributed by atoms with E-state index < -0.39 is 0 Å². The number of piperazine rings is 2. The van der Waals surface area contributed by atoms with E-state index in [1.807, 2.05) is 18.7 Å². The van der Waals surface area contributed by atoms with Crippen molar-refractivity contribution in [2.24, 2.45) is 0 Å². The lowest BCUT2D eigenvalue weighted by Crippen LogP contribution is -2.49. The molecule has 0 radical (unpaired) electrons. The van der Waals surface area contributed by atoms with E-state index in [0.717, 1.165) is 67.9 Å². The van der Waals surface area contributed by atoms with Gasteiger partial charge in [0.1, 0.15) is 23.7 Å². The van der Waals surface area contributed by atoms with Crippen LogP contribution in [-0.2, 0) is 11.2 Å². The molecule has 9 nitrogen and oxygen atoms in total. The van der Waals surface area contributed by atoms with E-state index in [9.17, 15) is 4.79 Å². The van der Waals surface area contributed by atoms with Gasteiger partial charge in [0.25, 0.3) is 0 Å². The van der Waals surface area contributed by atoms with Gasteiger partial charge in [0.2, 0.25) is 5.91 Å². The number of hydrogen-bond acceptors (Lipinski definition) is 8. The Labute approximate surface area is 177 Å². The zero-order valence-corrected chi connectivity index (χ0v) is 18.2. The zero-order chi connectivity index (χ0) is 21.1. The SMILES string of the molecule is Cc1noc(C)c1CCC(=O)N1CCN(c2cc(N3CCN(C)CC3)ncn2)CC1. The average Bonchev–Trinajstić information content (AvgIpc) is 3.10. The van der Waals surface area contributed by atoms with Gasteiger partial charge in [-0.05, 0) is 27.3 Å². The summed E-state index contributed by atoms with van der Waals surface area (Å²) in [6, 6.07) is 2.08. The highest BCUT2D eigenvalue weighted by Crippen LogP contribution is 2.21. The summed E-state index contributed by atoms with van der Waals surface area (Å²) in [6.07, 6.45) is 2.83. The summed E-state index contributed by atoms with van der Waals surface area (Å²) in [5.74, 6) is 2.94. The predicted molar refractivity (Wildman–Crippen MR) is 115 cm³/mol. The fraction of sp³-hybridized carbons (Fsp3) is 0.619. The minimum atomic E-state index is 0.190. The largest absolute Gasteiger partial charge is 0.361 e. The zero-order valence-electron chi connectivity index (χ0n) is 18.2.